The zero-order chi connectivity index (χ0) is 12.8. The smallest absolute Gasteiger partial charge is 0.410 e. The van der Waals surface area contributed by atoms with Gasteiger partial charge in [-0.1, -0.05) is 6.92 Å². The summed E-state index contributed by atoms with van der Waals surface area (Å²) in [5.74, 6) is 0.249. The van der Waals surface area contributed by atoms with E-state index < -0.39 is 5.60 Å². The minimum atomic E-state index is -0.471. The predicted octanol–water partition coefficient (Wildman–Crippen LogP) is 2.36. The molecule has 2 aliphatic rings. The highest BCUT2D eigenvalue weighted by Gasteiger charge is 2.48. The third-order valence-electron chi connectivity index (χ3n) is 3.67. The lowest BCUT2D eigenvalue weighted by Gasteiger charge is -2.38. The van der Waals surface area contributed by atoms with E-state index in [1.54, 1.807) is 4.90 Å². The SMILES string of the molecule is CC1C(=O)CC2CCC1N2C(=O)OC(C)(C)C. The quantitative estimate of drug-likeness (QED) is 0.652. The Balaban J connectivity index is 2.12. The highest BCUT2D eigenvalue weighted by atomic mass is 16.6. The molecule has 2 rings (SSSR count). The minimum Gasteiger partial charge on any atom is -0.444 e. The van der Waals surface area contributed by atoms with Gasteiger partial charge in [0.15, 0.2) is 0 Å². The fourth-order valence-corrected chi connectivity index (χ4v) is 2.84. The molecule has 3 atom stereocenters. The summed E-state index contributed by atoms with van der Waals surface area (Å²) in [6.07, 6.45) is 2.10. The van der Waals surface area contributed by atoms with Crippen LogP contribution in [0.25, 0.3) is 0 Å². The molecule has 2 heterocycles. The van der Waals surface area contributed by atoms with Gasteiger partial charge in [0, 0.05) is 24.4 Å². The van der Waals surface area contributed by atoms with Crippen LogP contribution in [-0.2, 0) is 9.53 Å². The number of hydrogen-bond donors (Lipinski definition) is 0. The second-order valence-electron chi connectivity index (χ2n) is 6.15. The number of ketones is 1. The molecular weight excluding hydrogens is 218 g/mol. The Kier molecular flexibility index (Phi) is 2.92. The molecule has 17 heavy (non-hydrogen) atoms. The van der Waals surface area contributed by atoms with E-state index in [1.165, 1.54) is 0 Å². The van der Waals surface area contributed by atoms with Crippen molar-refractivity contribution < 1.29 is 14.3 Å². The van der Waals surface area contributed by atoms with Gasteiger partial charge in [-0.15, -0.1) is 0 Å². The van der Waals surface area contributed by atoms with Crippen LogP contribution < -0.4 is 0 Å². The van der Waals surface area contributed by atoms with Gasteiger partial charge in [-0.2, -0.15) is 0 Å². The first-order valence-electron chi connectivity index (χ1n) is 6.33. The fraction of sp³-hybridized carbons (Fsp3) is 0.846. The number of ether oxygens (including phenoxy) is 1. The van der Waals surface area contributed by atoms with Crippen molar-refractivity contribution in [2.24, 2.45) is 5.92 Å². The molecule has 0 aliphatic carbocycles. The van der Waals surface area contributed by atoms with Crippen LogP contribution in [0.15, 0.2) is 0 Å². The summed E-state index contributed by atoms with van der Waals surface area (Å²) in [5, 5.41) is 0. The van der Waals surface area contributed by atoms with Crippen molar-refractivity contribution in [1.82, 2.24) is 4.90 Å². The molecule has 96 valence electrons. The maximum atomic E-state index is 12.1. The maximum absolute atomic E-state index is 12.1. The van der Waals surface area contributed by atoms with Crippen molar-refractivity contribution in [1.29, 1.82) is 0 Å². The predicted molar refractivity (Wildman–Crippen MR) is 63.7 cm³/mol. The molecular formula is C13H21NO3. The molecule has 1 amide bonds. The van der Waals surface area contributed by atoms with Crippen LogP contribution in [0.2, 0.25) is 0 Å². The van der Waals surface area contributed by atoms with Crippen LogP contribution in [0, 0.1) is 5.92 Å². The largest absolute Gasteiger partial charge is 0.444 e. The van der Waals surface area contributed by atoms with Gasteiger partial charge in [0.05, 0.1) is 0 Å². The maximum Gasteiger partial charge on any atom is 0.410 e. The van der Waals surface area contributed by atoms with Crippen molar-refractivity contribution in [2.45, 2.75) is 64.6 Å². The Morgan fingerprint density at radius 2 is 2.00 bits per heavy atom. The first kappa shape index (κ1) is 12.4. The lowest BCUT2D eigenvalue weighted by atomic mass is 9.91. The monoisotopic (exact) mass is 239 g/mol. The number of carbonyl (C=O) groups is 2. The second-order valence-corrected chi connectivity index (χ2v) is 6.15. The van der Waals surface area contributed by atoms with Crippen molar-refractivity contribution in [2.75, 3.05) is 0 Å². The third-order valence-corrected chi connectivity index (χ3v) is 3.67. The molecule has 0 N–H and O–H groups in total. The van der Waals surface area contributed by atoms with Gasteiger partial charge in [-0.05, 0) is 33.6 Å². The van der Waals surface area contributed by atoms with Crippen LogP contribution in [0.5, 0.6) is 0 Å². The molecule has 0 aromatic heterocycles. The molecule has 2 saturated heterocycles. The van der Waals surface area contributed by atoms with Gasteiger partial charge >= 0.3 is 6.09 Å². The number of amides is 1. The van der Waals surface area contributed by atoms with Crippen LogP contribution in [0.3, 0.4) is 0 Å². The fourth-order valence-electron chi connectivity index (χ4n) is 2.84. The Hall–Kier alpha value is -1.06. The molecule has 4 nitrogen and oxygen atoms in total. The van der Waals surface area contributed by atoms with E-state index in [0.717, 1.165) is 12.8 Å². The summed E-state index contributed by atoms with van der Waals surface area (Å²) >= 11 is 0. The van der Waals surface area contributed by atoms with E-state index >= 15 is 0 Å². The van der Waals surface area contributed by atoms with E-state index in [2.05, 4.69) is 0 Å². The average molecular weight is 239 g/mol. The number of fused-ring (bicyclic) bond motifs is 2. The topological polar surface area (TPSA) is 46.6 Å². The van der Waals surface area contributed by atoms with E-state index in [9.17, 15) is 9.59 Å². The summed E-state index contributed by atoms with van der Waals surface area (Å²) in [6.45, 7) is 7.52. The number of carbonyl (C=O) groups excluding carboxylic acids is 2. The van der Waals surface area contributed by atoms with Crippen LogP contribution >= 0.6 is 0 Å². The third kappa shape index (κ3) is 2.31. The number of rotatable bonds is 0. The van der Waals surface area contributed by atoms with Crippen molar-refractivity contribution in [3.8, 4) is 0 Å². The highest BCUT2D eigenvalue weighted by molar-refractivity contribution is 5.85. The molecule has 2 aliphatic heterocycles. The van der Waals surface area contributed by atoms with E-state index in [1.807, 2.05) is 27.7 Å². The van der Waals surface area contributed by atoms with Crippen molar-refractivity contribution in [3.05, 3.63) is 0 Å². The lowest BCUT2D eigenvalue weighted by molar-refractivity contribution is -0.128. The second kappa shape index (κ2) is 4.00. The van der Waals surface area contributed by atoms with Gasteiger partial charge in [0.2, 0.25) is 0 Å². The average Bonchev–Trinajstić information content (AvgIpc) is 2.51. The first-order valence-corrected chi connectivity index (χ1v) is 6.33. The van der Waals surface area contributed by atoms with Gasteiger partial charge < -0.3 is 9.64 Å². The molecule has 2 bridgehead atoms. The summed E-state index contributed by atoms with van der Waals surface area (Å²) < 4.78 is 5.42. The number of nitrogens with zero attached hydrogens (tertiary/aromatic N) is 1. The molecule has 3 unspecified atom stereocenters. The van der Waals surface area contributed by atoms with Gasteiger partial charge in [-0.25, -0.2) is 4.79 Å². The van der Waals surface area contributed by atoms with Crippen LogP contribution in [-0.4, -0.2) is 34.5 Å². The minimum absolute atomic E-state index is 0.0405. The zero-order valence-corrected chi connectivity index (χ0v) is 11.0. The highest BCUT2D eigenvalue weighted by Crippen LogP contribution is 2.38. The summed E-state index contributed by atoms with van der Waals surface area (Å²) in [5.41, 5.74) is -0.471. The van der Waals surface area contributed by atoms with Gasteiger partial charge in [0.1, 0.15) is 11.4 Å². The molecule has 0 aromatic carbocycles. The Morgan fingerprint density at radius 1 is 1.35 bits per heavy atom. The molecule has 0 spiro atoms. The van der Waals surface area contributed by atoms with E-state index in [-0.39, 0.29) is 29.9 Å². The van der Waals surface area contributed by atoms with Crippen molar-refractivity contribution in [3.63, 3.8) is 0 Å². The Labute approximate surface area is 102 Å². The Bertz CT molecular complexity index is 345. The standard InChI is InChI=1S/C13H21NO3/c1-8-10-6-5-9(7-11(8)15)14(10)12(16)17-13(2,3)4/h8-10H,5-7H2,1-4H3. The lowest BCUT2D eigenvalue weighted by Crippen LogP contribution is -2.52. The molecule has 0 radical (unpaired) electrons. The number of piperidine rings is 1. The molecule has 0 saturated carbocycles. The van der Waals surface area contributed by atoms with Crippen LogP contribution in [0.4, 0.5) is 4.79 Å². The number of hydrogen-bond acceptors (Lipinski definition) is 3. The van der Waals surface area contributed by atoms with Gasteiger partial charge in [0.25, 0.3) is 0 Å². The summed E-state index contributed by atoms with van der Waals surface area (Å²) in [4.78, 5) is 25.7. The molecule has 0 aromatic rings. The van der Waals surface area contributed by atoms with E-state index in [4.69, 9.17) is 4.74 Å². The van der Waals surface area contributed by atoms with Crippen molar-refractivity contribution >= 4 is 11.9 Å². The normalized spacial score (nSPS) is 32.8. The zero-order valence-electron chi connectivity index (χ0n) is 11.0. The number of Topliss-reactive ketones (excluding diaryl/α,β-unsaturated/α-hetero) is 1. The van der Waals surface area contributed by atoms with E-state index in [0.29, 0.717) is 6.42 Å². The molecule has 4 heteroatoms. The first-order chi connectivity index (χ1) is 7.79. The van der Waals surface area contributed by atoms with Crippen LogP contribution in [0.1, 0.15) is 47.0 Å². The summed E-state index contributed by atoms with van der Waals surface area (Å²) in [6, 6.07) is 0.120. The Morgan fingerprint density at radius 3 is 2.59 bits per heavy atom. The molecule has 2 fully saturated rings. The van der Waals surface area contributed by atoms with Gasteiger partial charge in [-0.3, -0.25) is 4.79 Å². The summed E-state index contributed by atoms with van der Waals surface area (Å²) in [7, 11) is 0.